The summed E-state index contributed by atoms with van der Waals surface area (Å²) in [5, 5.41) is 3.37. The summed E-state index contributed by atoms with van der Waals surface area (Å²) in [6.45, 7) is 9.98. The van der Waals surface area contributed by atoms with Gasteiger partial charge in [-0.05, 0) is 65.9 Å². The Bertz CT molecular complexity index is 419. The molecular weight excluding hydrogens is 300 g/mol. The number of nitrogens with one attached hydrogen (secondary N) is 1. The summed E-state index contributed by atoms with van der Waals surface area (Å²) in [6, 6.07) is 7.40. The number of hydrogen-bond acceptors (Lipinski definition) is 2. The zero-order valence-electron chi connectivity index (χ0n) is 12.2. The Morgan fingerprint density at radius 3 is 2.79 bits per heavy atom. The molecule has 0 bridgehead atoms. The van der Waals surface area contributed by atoms with E-state index in [4.69, 9.17) is 0 Å². The quantitative estimate of drug-likeness (QED) is 0.893. The van der Waals surface area contributed by atoms with Crippen molar-refractivity contribution in [2.45, 2.75) is 46.2 Å². The zero-order chi connectivity index (χ0) is 13.8. The standard InChI is InChI=1S/C16H25BrN2/c1-4-18-11-14-5-6-16(15(17)10-14)19-8-7-12(2)9-13(19)3/h5-6,10,12-13,18H,4,7-9,11H2,1-3H3. The Morgan fingerprint density at radius 2 is 2.16 bits per heavy atom. The van der Waals surface area contributed by atoms with E-state index in [1.807, 2.05) is 0 Å². The monoisotopic (exact) mass is 324 g/mol. The van der Waals surface area contributed by atoms with Crippen molar-refractivity contribution < 1.29 is 0 Å². The van der Waals surface area contributed by atoms with Crippen molar-refractivity contribution >= 4 is 21.6 Å². The van der Waals surface area contributed by atoms with Crippen LogP contribution in [0.5, 0.6) is 0 Å². The third kappa shape index (κ3) is 3.73. The average Bonchev–Trinajstić information content (AvgIpc) is 2.37. The first-order valence-electron chi connectivity index (χ1n) is 7.37. The summed E-state index contributed by atoms with van der Waals surface area (Å²) in [4.78, 5) is 2.54. The second-order valence-corrected chi connectivity index (χ2v) is 6.59. The second kappa shape index (κ2) is 6.76. The lowest BCUT2D eigenvalue weighted by Crippen LogP contribution is -2.40. The highest BCUT2D eigenvalue weighted by atomic mass is 79.9. The second-order valence-electron chi connectivity index (χ2n) is 5.74. The van der Waals surface area contributed by atoms with E-state index < -0.39 is 0 Å². The van der Waals surface area contributed by atoms with Crippen LogP contribution >= 0.6 is 15.9 Å². The third-order valence-electron chi connectivity index (χ3n) is 4.04. The molecule has 2 rings (SSSR count). The highest BCUT2D eigenvalue weighted by molar-refractivity contribution is 9.10. The fourth-order valence-corrected chi connectivity index (χ4v) is 3.58. The Morgan fingerprint density at radius 1 is 1.37 bits per heavy atom. The molecule has 0 aliphatic carbocycles. The van der Waals surface area contributed by atoms with Crippen molar-refractivity contribution in [1.82, 2.24) is 5.32 Å². The van der Waals surface area contributed by atoms with Crippen molar-refractivity contribution in [2.24, 2.45) is 5.92 Å². The van der Waals surface area contributed by atoms with Gasteiger partial charge in [0, 0.05) is 23.6 Å². The summed E-state index contributed by atoms with van der Waals surface area (Å²) < 4.78 is 1.23. The minimum absolute atomic E-state index is 0.639. The minimum atomic E-state index is 0.639. The van der Waals surface area contributed by atoms with Crippen LogP contribution in [0.4, 0.5) is 5.69 Å². The highest BCUT2D eigenvalue weighted by Crippen LogP contribution is 2.33. The molecule has 0 spiro atoms. The summed E-state index contributed by atoms with van der Waals surface area (Å²) in [5.74, 6) is 0.859. The number of benzene rings is 1. The van der Waals surface area contributed by atoms with E-state index in [1.54, 1.807) is 0 Å². The number of anilines is 1. The summed E-state index contributed by atoms with van der Waals surface area (Å²) >= 11 is 3.75. The van der Waals surface area contributed by atoms with Crippen LogP contribution in [0.25, 0.3) is 0 Å². The lowest BCUT2D eigenvalue weighted by molar-refractivity contribution is 0.377. The van der Waals surface area contributed by atoms with Gasteiger partial charge in [-0.15, -0.1) is 0 Å². The van der Waals surface area contributed by atoms with Gasteiger partial charge in [0.2, 0.25) is 0 Å². The van der Waals surface area contributed by atoms with Crippen LogP contribution in [0.2, 0.25) is 0 Å². The smallest absolute Gasteiger partial charge is 0.0513 e. The molecule has 1 N–H and O–H groups in total. The van der Waals surface area contributed by atoms with Crippen molar-refractivity contribution in [3.63, 3.8) is 0 Å². The SMILES string of the molecule is CCNCc1ccc(N2CCC(C)CC2C)c(Br)c1. The van der Waals surface area contributed by atoms with Gasteiger partial charge in [-0.3, -0.25) is 0 Å². The maximum atomic E-state index is 3.75. The zero-order valence-corrected chi connectivity index (χ0v) is 13.8. The Hall–Kier alpha value is -0.540. The van der Waals surface area contributed by atoms with E-state index in [9.17, 15) is 0 Å². The van der Waals surface area contributed by atoms with Crippen LogP contribution in [0.3, 0.4) is 0 Å². The first kappa shape index (κ1) is 14.9. The molecule has 2 atom stereocenters. The molecule has 0 aromatic heterocycles. The van der Waals surface area contributed by atoms with Gasteiger partial charge < -0.3 is 10.2 Å². The van der Waals surface area contributed by atoms with E-state index in [0.29, 0.717) is 6.04 Å². The number of halogens is 1. The average molecular weight is 325 g/mol. The van der Waals surface area contributed by atoms with Gasteiger partial charge in [0.25, 0.3) is 0 Å². The Balaban J connectivity index is 2.12. The molecule has 2 unspecified atom stereocenters. The molecule has 3 heteroatoms. The maximum absolute atomic E-state index is 3.75. The summed E-state index contributed by atoms with van der Waals surface area (Å²) in [7, 11) is 0. The molecule has 1 aromatic carbocycles. The number of nitrogens with zero attached hydrogens (tertiary/aromatic N) is 1. The molecule has 0 radical (unpaired) electrons. The molecule has 2 nitrogen and oxygen atoms in total. The molecule has 1 aliphatic rings. The topological polar surface area (TPSA) is 15.3 Å². The van der Waals surface area contributed by atoms with Gasteiger partial charge in [-0.25, -0.2) is 0 Å². The molecule has 0 amide bonds. The molecule has 19 heavy (non-hydrogen) atoms. The molecule has 1 fully saturated rings. The van der Waals surface area contributed by atoms with E-state index in [-0.39, 0.29) is 0 Å². The van der Waals surface area contributed by atoms with Gasteiger partial charge in [0.15, 0.2) is 0 Å². The molecule has 0 saturated carbocycles. The number of piperidine rings is 1. The molecule has 106 valence electrons. The predicted octanol–water partition coefficient (Wildman–Crippen LogP) is 4.18. The third-order valence-corrected chi connectivity index (χ3v) is 4.67. The first-order valence-corrected chi connectivity index (χ1v) is 8.17. The largest absolute Gasteiger partial charge is 0.368 e. The normalized spacial score (nSPS) is 23.7. The van der Waals surface area contributed by atoms with Crippen LogP contribution < -0.4 is 10.2 Å². The first-order chi connectivity index (χ1) is 9.11. The molecular formula is C16H25BrN2. The van der Waals surface area contributed by atoms with Crippen molar-refractivity contribution in [1.29, 1.82) is 0 Å². The maximum Gasteiger partial charge on any atom is 0.0513 e. The lowest BCUT2D eigenvalue weighted by atomic mass is 9.93. The molecule has 1 aliphatic heterocycles. The fraction of sp³-hybridized carbons (Fsp3) is 0.625. The van der Waals surface area contributed by atoms with Crippen LogP contribution in [0.15, 0.2) is 22.7 Å². The van der Waals surface area contributed by atoms with E-state index >= 15 is 0 Å². The van der Waals surface area contributed by atoms with Gasteiger partial charge in [0.05, 0.1) is 5.69 Å². The van der Waals surface area contributed by atoms with Crippen LogP contribution in [0, 0.1) is 5.92 Å². The summed E-state index contributed by atoms with van der Waals surface area (Å²) in [5.41, 5.74) is 2.69. The van der Waals surface area contributed by atoms with E-state index in [1.165, 1.54) is 35.1 Å². The molecule has 1 heterocycles. The molecule has 1 aromatic rings. The van der Waals surface area contributed by atoms with Gasteiger partial charge >= 0.3 is 0 Å². The van der Waals surface area contributed by atoms with Crippen LogP contribution in [0.1, 0.15) is 39.2 Å². The fourth-order valence-electron chi connectivity index (χ4n) is 2.93. The van der Waals surface area contributed by atoms with E-state index in [0.717, 1.165) is 19.0 Å². The van der Waals surface area contributed by atoms with Crippen molar-refractivity contribution in [3.8, 4) is 0 Å². The number of hydrogen-bond donors (Lipinski definition) is 1. The highest BCUT2D eigenvalue weighted by Gasteiger charge is 2.24. The summed E-state index contributed by atoms with van der Waals surface area (Å²) in [6.07, 6.45) is 2.60. The van der Waals surface area contributed by atoms with Crippen molar-refractivity contribution in [3.05, 3.63) is 28.2 Å². The van der Waals surface area contributed by atoms with Crippen LogP contribution in [-0.2, 0) is 6.54 Å². The van der Waals surface area contributed by atoms with Gasteiger partial charge in [0.1, 0.15) is 0 Å². The van der Waals surface area contributed by atoms with Crippen LogP contribution in [-0.4, -0.2) is 19.1 Å². The van der Waals surface area contributed by atoms with Gasteiger partial charge in [-0.1, -0.05) is 19.9 Å². The van der Waals surface area contributed by atoms with Crippen molar-refractivity contribution in [2.75, 3.05) is 18.0 Å². The van der Waals surface area contributed by atoms with Gasteiger partial charge in [-0.2, -0.15) is 0 Å². The number of rotatable bonds is 4. The lowest BCUT2D eigenvalue weighted by Gasteiger charge is -2.39. The predicted molar refractivity (Wildman–Crippen MR) is 86.7 cm³/mol. The Labute approximate surface area is 125 Å². The van der Waals surface area contributed by atoms with E-state index in [2.05, 4.69) is 65.1 Å². The minimum Gasteiger partial charge on any atom is -0.368 e. The Kier molecular flexibility index (Phi) is 5.28. The molecule has 1 saturated heterocycles.